The molecule has 1 aliphatic rings. The molecule has 13 heavy (non-hydrogen) atoms. The van der Waals surface area contributed by atoms with Gasteiger partial charge in [-0.15, -0.1) is 0 Å². The van der Waals surface area contributed by atoms with Crippen LogP contribution < -0.4 is 4.74 Å². The van der Waals surface area contributed by atoms with Gasteiger partial charge < -0.3 is 4.74 Å². The average molecular weight is 176 g/mol. The molecule has 0 N–H and O–H groups in total. The minimum atomic E-state index is 0.830. The van der Waals surface area contributed by atoms with E-state index in [-0.39, 0.29) is 0 Å². The van der Waals surface area contributed by atoms with Gasteiger partial charge in [-0.25, -0.2) is 0 Å². The summed E-state index contributed by atoms with van der Waals surface area (Å²) >= 11 is 0. The fourth-order valence-electron chi connectivity index (χ4n) is 1.96. The van der Waals surface area contributed by atoms with Crippen molar-refractivity contribution in [2.45, 2.75) is 25.7 Å². The van der Waals surface area contributed by atoms with E-state index in [1.807, 2.05) is 0 Å². The predicted molar refractivity (Wildman–Crippen MR) is 54.1 cm³/mol. The Morgan fingerprint density at radius 3 is 2.46 bits per heavy atom. The molecule has 0 amide bonds. The first-order chi connectivity index (χ1) is 6.35. The van der Waals surface area contributed by atoms with Crippen molar-refractivity contribution in [1.29, 1.82) is 0 Å². The second-order valence-electron chi connectivity index (χ2n) is 3.78. The van der Waals surface area contributed by atoms with Crippen molar-refractivity contribution >= 4 is 0 Å². The number of hydrogen-bond donors (Lipinski definition) is 0. The van der Waals surface area contributed by atoms with Crippen LogP contribution in [0.1, 0.15) is 31.2 Å². The van der Waals surface area contributed by atoms with Gasteiger partial charge in [0.05, 0.1) is 7.11 Å². The molecule has 1 saturated carbocycles. The van der Waals surface area contributed by atoms with Gasteiger partial charge in [0.25, 0.3) is 0 Å². The van der Waals surface area contributed by atoms with Crippen LogP contribution in [0.25, 0.3) is 0 Å². The molecule has 0 spiro atoms. The van der Waals surface area contributed by atoms with E-state index >= 15 is 0 Å². The number of methoxy groups -OCH3 is 1. The molecule has 2 atom stereocenters. The first-order valence-electron chi connectivity index (χ1n) is 4.99. The molecule has 1 fully saturated rings. The van der Waals surface area contributed by atoms with E-state index in [4.69, 9.17) is 4.74 Å². The molecule has 0 saturated heterocycles. The lowest BCUT2D eigenvalue weighted by Gasteiger charge is -2.01. The van der Waals surface area contributed by atoms with Gasteiger partial charge in [-0.05, 0) is 36.0 Å². The van der Waals surface area contributed by atoms with E-state index < -0.39 is 0 Å². The Balaban J connectivity index is 2.07. The Hall–Kier alpha value is -0.980. The lowest BCUT2D eigenvalue weighted by Crippen LogP contribution is -1.85. The normalized spacial score (nSPS) is 25.7. The monoisotopic (exact) mass is 176 g/mol. The summed E-state index contributed by atoms with van der Waals surface area (Å²) in [6, 6.07) is 8.50. The highest BCUT2D eigenvalue weighted by Gasteiger charge is 2.36. The number of ether oxygens (including phenoxy) is 1. The molecule has 1 nitrogen and oxygen atoms in total. The summed E-state index contributed by atoms with van der Waals surface area (Å²) in [6.07, 6.45) is 2.69. The third-order valence-corrected chi connectivity index (χ3v) is 2.99. The molecule has 1 aromatic rings. The van der Waals surface area contributed by atoms with Crippen LogP contribution in [-0.4, -0.2) is 7.11 Å². The van der Waals surface area contributed by atoms with Gasteiger partial charge in [-0.1, -0.05) is 25.5 Å². The summed E-state index contributed by atoms with van der Waals surface area (Å²) in [5.41, 5.74) is 1.48. The van der Waals surface area contributed by atoms with E-state index in [0.29, 0.717) is 0 Å². The number of rotatable bonds is 3. The summed E-state index contributed by atoms with van der Waals surface area (Å²) in [6.45, 7) is 2.27. The first kappa shape index (κ1) is 8.61. The number of hydrogen-bond acceptors (Lipinski definition) is 1. The zero-order valence-corrected chi connectivity index (χ0v) is 8.29. The SMILES string of the molecule is CCC1CC1c1ccc(OC)cc1. The van der Waals surface area contributed by atoms with Gasteiger partial charge in [-0.2, -0.15) is 0 Å². The largest absolute Gasteiger partial charge is 0.497 e. The molecule has 0 radical (unpaired) electrons. The predicted octanol–water partition coefficient (Wildman–Crippen LogP) is 3.21. The lowest BCUT2D eigenvalue weighted by atomic mass is 10.1. The highest BCUT2D eigenvalue weighted by atomic mass is 16.5. The molecule has 70 valence electrons. The molecule has 1 aliphatic carbocycles. The highest BCUT2D eigenvalue weighted by Crippen LogP contribution is 2.49. The Bertz CT molecular complexity index is 276. The Morgan fingerprint density at radius 1 is 1.31 bits per heavy atom. The van der Waals surface area contributed by atoms with Gasteiger partial charge in [0, 0.05) is 0 Å². The van der Waals surface area contributed by atoms with Crippen LogP contribution in [0.2, 0.25) is 0 Å². The zero-order chi connectivity index (χ0) is 9.26. The summed E-state index contributed by atoms with van der Waals surface area (Å²) in [7, 11) is 1.71. The van der Waals surface area contributed by atoms with E-state index in [0.717, 1.165) is 17.6 Å². The van der Waals surface area contributed by atoms with Crippen LogP contribution in [0.4, 0.5) is 0 Å². The standard InChI is InChI=1S/C12H16O/c1-3-9-8-12(9)10-4-6-11(13-2)7-5-10/h4-7,9,12H,3,8H2,1-2H3. The molecule has 2 unspecified atom stereocenters. The number of benzene rings is 1. The van der Waals surface area contributed by atoms with Crippen molar-refractivity contribution in [3.63, 3.8) is 0 Å². The summed E-state index contributed by atoms with van der Waals surface area (Å²) in [4.78, 5) is 0. The van der Waals surface area contributed by atoms with Gasteiger partial charge in [0.2, 0.25) is 0 Å². The second kappa shape index (κ2) is 3.41. The summed E-state index contributed by atoms with van der Waals surface area (Å²) in [5.74, 6) is 2.72. The highest BCUT2D eigenvalue weighted by molar-refractivity contribution is 5.32. The van der Waals surface area contributed by atoms with Crippen molar-refractivity contribution in [1.82, 2.24) is 0 Å². The van der Waals surface area contributed by atoms with E-state index in [1.165, 1.54) is 18.4 Å². The van der Waals surface area contributed by atoms with Gasteiger partial charge in [0.15, 0.2) is 0 Å². The average Bonchev–Trinajstić information content (AvgIpc) is 2.97. The van der Waals surface area contributed by atoms with Crippen molar-refractivity contribution in [3.05, 3.63) is 29.8 Å². The summed E-state index contributed by atoms with van der Waals surface area (Å²) < 4.78 is 5.12. The smallest absolute Gasteiger partial charge is 0.118 e. The van der Waals surface area contributed by atoms with Crippen LogP contribution in [0.5, 0.6) is 5.75 Å². The molecule has 0 aliphatic heterocycles. The maximum atomic E-state index is 5.12. The van der Waals surface area contributed by atoms with Crippen LogP contribution >= 0.6 is 0 Å². The minimum absolute atomic E-state index is 0.830. The minimum Gasteiger partial charge on any atom is -0.497 e. The van der Waals surface area contributed by atoms with Gasteiger partial charge in [0.1, 0.15) is 5.75 Å². The quantitative estimate of drug-likeness (QED) is 0.687. The molecule has 0 heterocycles. The molecule has 2 rings (SSSR count). The van der Waals surface area contributed by atoms with Crippen LogP contribution in [-0.2, 0) is 0 Å². The zero-order valence-electron chi connectivity index (χ0n) is 8.29. The van der Waals surface area contributed by atoms with Gasteiger partial charge in [-0.3, -0.25) is 0 Å². The van der Waals surface area contributed by atoms with Crippen LogP contribution in [0.3, 0.4) is 0 Å². The Morgan fingerprint density at radius 2 is 2.00 bits per heavy atom. The Kier molecular flexibility index (Phi) is 2.26. The maximum absolute atomic E-state index is 5.12. The molecule has 1 heteroatoms. The third kappa shape index (κ3) is 1.69. The molecule has 0 bridgehead atoms. The van der Waals surface area contributed by atoms with Crippen molar-refractivity contribution < 1.29 is 4.74 Å². The van der Waals surface area contributed by atoms with Crippen LogP contribution in [0.15, 0.2) is 24.3 Å². The van der Waals surface area contributed by atoms with E-state index in [1.54, 1.807) is 7.11 Å². The fourth-order valence-corrected chi connectivity index (χ4v) is 1.96. The molecular formula is C12H16O. The van der Waals surface area contributed by atoms with Crippen molar-refractivity contribution in [2.75, 3.05) is 7.11 Å². The fraction of sp³-hybridized carbons (Fsp3) is 0.500. The molecule has 1 aromatic carbocycles. The topological polar surface area (TPSA) is 9.23 Å². The van der Waals surface area contributed by atoms with E-state index in [9.17, 15) is 0 Å². The van der Waals surface area contributed by atoms with Crippen molar-refractivity contribution in [2.24, 2.45) is 5.92 Å². The Labute approximate surface area is 79.7 Å². The van der Waals surface area contributed by atoms with Gasteiger partial charge >= 0.3 is 0 Å². The van der Waals surface area contributed by atoms with Crippen molar-refractivity contribution in [3.8, 4) is 5.75 Å². The maximum Gasteiger partial charge on any atom is 0.118 e. The molecular weight excluding hydrogens is 160 g/mol. The summed E-state index contributed by atoms with van der Waals surface area (Å²) in [5, 5.41) is 0. The molecule has 0 aromatic heterocycles. The lowest BCUT2D eigenvalue weighted by molar-refractivity contribution is 0.414. The second-order valence-corrected chi connectivity index (χ2v) is 3.78. The van der Waals surface area contributed by atoms with Crippen LogP contribution in [0, 0.1) is 5.92 Å². The first-order valence-corrected chi connectivity index (χ1v) is 4.99. The third-order valence-electron chi connectivity index (χ3n) is 2.99. The van der Waals surface area contributed by atoms with E-state index in [2.05, 4.69) is 31.2 Å².